The van der Waals surface area contributed by atoms with Crippen LogP contribution in [0.5, 0.6) is 0 Å². The number of aryl methyl sites for hydroxylation is 1. The molecule has 0 unspecified atom stereocenters. The van der Waals surface area contributed by atoms with E-state index >= 15 is 0 Å². The minimum Gasteiger partial charge on any atom is -0.500 e. The van der Waals surface area contributed by atoms with Gasteiger partial charge in [0.25, 0.3) is 0 Å². The topological polar surface area (TPSA) is 53.4 Å². The maximum Gasteiger partial charge on any atom is 0.359 e. The summed E-state index contributed by atoms with van der Waals surface area (Å²) in [6.45, 7) is 10.1. The molecule has 0 atom stereocenters. The molecule has 1 aromatic rings. The Morgan fingerprint density at radius 2 is 2.09 bits per heavy atom. The zero-order chi connectivity index (χ0) is 17.6. The van der Waals surface area contributed by atoms with Gasteiger partial charge in [0, 0.05) is 23.9 Å². The first-order valence-corrected chi connectivity index (χ1v) is 8.81. The molecule has 23 heavy (non-hydrogen) atoms. The number of fused-ring (bicyclic) bond motifs is 1. The maximum absolute atomic E-state index is 12.0. The molecule has 128 valence electrons. The number of thioether (sulfide) groups is 1. The second kappa shape index (κ2) is 8.82. The predicted molar refractivity (Wildman–Crippen MR) is 95.2 cm³/mol. The van der Waals surface area contributed by atoms with Crippen molar-refractivity contribution in [1.82, 2.24) is 9.78 Å². The van der Waals surface area contributed by atoms with Gasteiger partial charge >= 0.3 is 5.97 Å². The van der Waals surface area contributed by atoms with Crippen LogP contribution in [-0.2, 0) is 22.3 Å². The van der Waals surface area contributed by atoms with Gasteiger partial charge in [-0.3, -0.25) is 4.68 Å². The Morgan fingerprint density at radius 3 is 2.61 bits per heavy atom. The molecule has 5 nitrogen and oxygen atoms in total. The quantitative estimate of drug-likeness (QED) is 0.612. The number of aromatic nitrogens is 2. The standard InChI is InChI=1S/C15H20N2O3S.C2H6/c1-6-10-13-11(8-21-14(10)9(3)19-5)12(16-17(13)4)15(18)20-7-2;1-2/h6H,7-8H2,1-5H3;1-2H3/b10-6-,14-9-;. The molecule has 0 bridgehead atoms. The van der Waals surface area contributed by atoms with Gasteiger partial charge in [0.05, 0.1) is 24.3 Å². The summed E-state index contributed by atoms with van der Waals surface area (Å²) in [5.74, 6) is 1.20. The van der Waals surface area contributed by atoms with E-state index < -0.39 is 0 Å². The number of ether oxygens (including phenoxy) is 2. The third-order valence-electron chi connectivity index (χ3n) is 3.39. The molecule has 0 aromatic carbocycles. The molecule has 0 radical (unpaired) electrons. The van der Waals surface area contributed by atoms with Crippen molar-refractivity contribution in [3.8, 4) is 0 Å². The van der Waals surface area contributed by atoms with Crippen molar-refractivity contribution >= 4 is 23.3 Å². The van der Waals surface area contributed by atoms with E-state index in [1.54, 1.807) is 30.5 Å². The second-order valence-corrected chi connectivity index (χ2v) is 5.59. The van der Waals surface area contributed by atoms with Crippen LogP contribution < -0.4 is 0 Å². The molecular formula is C17H26N2O3S. The summed E-state index contributed by atoms with van der Waals surface area (Å²) in [5, 5.41) is 4.35. The van der Waals surface area contributed by atoms with E-state index in [1.165, 1.54) is 0 Å². The Balaban J connectivity index is 0.00000127. The van der Waals surface area contributed by atoms with Crippen molar-refractivity contribution in [2.75, 3.05) is 13.7 Å². The SMILES string of the molecule is C/C=C1\C(=C(/C)OC)SCc2c(C(=O)OCC)nn(C)c21.CC. The van der Waals surface area contributed by atoms with Gasteiger partial charge in [-0.15, -0.1) is 11.8 Å². The molecule has 0 spiro atoms. The zero-order valence-electron chi connectivity index (χ0n) is 15.0. The van der Waals surface area contributed by atoms with Crippen LogP contribution in [0.3, 0.4) is 0 Å². The Hall–Kier alpha value is -1.69. The average molecular weight is 338 g/mol. The van der Waals surface area contributed by atoms with E-state index in [4.69, 9.17) is 9.47 Å². The van der Waals surface area contributed by atoms with Gasteiger partial charge in [-0.05, 0) is 20.8 Å². The first-order chi connectivity index (χ1) is 11.0. The van der Waals surface area contributed by atoms with E-state index in [1.807, 2.05) is 40.8 Å². The molecule has 0 fully saturated rings. The van der Waals surface area contributed by atoms with Crippen LogP contribution in [0.1, 0.15) is 56.4 Å². The third-order valence-corrected chi connectivity index (χ3v) is 4.62. The number of esters is 1. The monoisotopic (exact) mass is 338 g/mol. The lowest BCUT2D eigenvalue weighted by Gasteiger charge is -2.21. The second-order valence-electron chi connectivity index (χ2n) is 4.60. The highest BCUT2D eigenvalue weighted by Gasteiger charge is 2.30. The van der Waals surface area contributed by atoms with Gasteiger partial charge < -0.3 is 9.47 Å². The summed E-state index contributed by atoms with van der Waals surface area (Å²) in [5.41, 5.74) is 3.36. The Bertz CT molecular complexity index is 630. The Kier molecular flexibility index (Phi) is 7.42. The van der Waals surface area contributed by atoms with Crippen molar-refractivity contribution in [3.05, 3.63) is 33.7 Å². The van der Waals surface area contributed by atoms with Crippen molar-refractivity contribution in [1.29, 1.82) is 0 Å². The van der Waals surface area contributed by atoms with Crippen LogP contribution in [-0.4, -0.2) is 29.5 Å². The highest BCUT2D eigenvalue weighted by atomic mass is 32.2. The van der Waals surface area contributed by atoms with Crippen molar-refractivity contribution < 1.29 is 14.3 Å². The molecule has 6 heteroatoms. The van der Waals surface area contributed by atoms with E-state index in [2.05, 4.69) is 5.10 Å². The lowest BCUT2D eigenvalue weighted by atomic mass is 10.0. The molecule has 1 aromatic heterocycles. The molecule has 0 N–H and O–H groups in total. The molecule has 2 rings (SSSR count). The normalized spacial score (nSPS) is 17.1. The number of carbonyl (C=O) groups is 1. The van der Waals surface area contributed by atoms with Gasteiger partial charge in [-0.1, -0.05) is 19.9 Å². The van der Waals surface area contributed by atoms with E-state index in [0.717, 1.165) is 27.5 Å². The summed E-state index contributed by atoms with van der Waals surface area (Å²) in [6.07, 6.45) is 2.03. The molecule has 0 aliphatic carbocycles. The fourth-order valence-corrected chi connectivity index (χ4v) is 3.61. The molecular weight excluding hydrogens is 312 g/mol. The molecule has 0 saturated carbocycles. The number of carbonyl (C=O) groups excluding carboxylic acids is 1. The number of hydrogen-bond acceptors (Lipinski definition) is 5. The molecule has 1 aliphatic heterocycles. The number of rotatable bonds is 3. The average Bonchev–Trinajstić information content (AvgIpc) is 2.92. The number of methoxy groups -OCH3 is 1. The third kappa shape index (κ3) is 3.80. The van der Waals surface area contributed by atoms with Crippen LogP contribution in [0.2, 0.25) is 0 Å². The summed E-state index contributed by atoms with van der Waals surface area (Å²) < 4.78 is 12.2. The van der Waals surface area contributed by atoms with Crippen LogP contribution in [0.25, 0.3) is 5.57 Å². The molecule has 2 heterocycles. The highest BCUT2D eigenvalue weighted by molar-refractivity contribution is 8.03. The lowest BCUT2D eigenvalue weighted by molar-refractivity contribution is 0.0517. The van der Waals surface area contributed by atoms with Crippen molar-refractivity contribution in [2.24, 2.45) is 7.05 Å². The summed E-state index contributed by atoms with van der Waals surface area (Å²) in [6, 6.07) is 0. The van der Waals surface area contributed by atoms with Crippen LogP contribution >= 0.6 is 11.8 Å². The van der Waals surface area contributed by atoms with Crippen molar-refractivity contribution in [2.45, 2.75) is 40.4 Å². The number of nitrogens with zero attached hydrogens (tertiary/aromatic N) is 2. The Morgan fingerprint density at radius 1 is 1.43 bits per heavy atom. The van der Waals surface area contributed by atoms with Gasteiger partial charge in [-0.25, -0.2) is 4.79 Å². The summed E-state index contributed by atoms with van der Waals surface area (Å²) >= 11 is 1.66. The molecule has 0 amide bonds. The smallest absolute Gasteiger partial charge is 0.359 e. The van der Waals surface area contributed by atoms with Gasteiger partial charge in [0.2, 0.25) is 0 Å². The van der Waals surface area contributed by atoms with E-state index in [-0.39, 0.29) is 5.97 Å². The minimum absolute atomic E-state index is 0.349. The zero-order valence-corrected chi connectivity index (χ0v) is 15.8. The van der Waals surface area contributed by atoms with Crippen LogP contribution in [0, 0.1) is 0 Å². The predicted octanol–water partition coefficient (Wildman–Crippen LogP) is 4.15. The number of allylic oxidation sites excluding steroid dienone is 3. The fourth-order valence-electron chi connectivity index (χ4n) is 2.39. The first-order valence-electron chi connectivity index (χ1n) is 7.82. The first kappa shape index (κ1) is 19.4. The van der Waals surface area contributed by atoms with Crippen LogP contribution in [0.4, 0.5) is 0 Å². The van der Waals surface area contributed by atoms with Gasteiger partial charge in [-0.2, -0.15) is 5.10 Å². The van der Waals surface area contributed by atoms with Gasteiger partial charge in [0.15, 0.2) is 5.69 Å². The Labute approximate surface area is 142 Å². The van der Waals surface area contributed by atoms with E-state index in [0.29, 0.717) is 18.1 Å². The molecule has 0 saturated heterocycles. The molecule has 1 aliphatic rings. The summed E-state index contributed by atoms with van der Waals surface area (Å²) in [7, 11) is 3.51. The minimum atomic E-state index is -0.360. The highest BCUT2D eigenvalue weighted by Crippen LogP contribution is 2.44. The van der Waals surface area contributed by atoms with Crippen LogP contribution in [0.15, 0.2) is 16.7 Å². The lowest BCUT2D eigenvalue weighted by Crippen LogP contribution is -2.10. The van der Waals surface area contributed by atoms with E-state index in [9.17, 15) is 4.79 Å². The maximum atomic E-state index is 12.0. The fraction of sp³-hybridized carbons (Fsp3) is 0.529. The summed E-state index contributed by atoms with van der Waals surface area (Å²) in [4.78, 5) is 13.1. The van der Waals surface area contributed by atoms with Gasteiger partial charge in [0.1, 0.15) is 5.76 Å². The largest absolute Gasteiger partial charge is 0.500 e. The van der Waals surface area contributed by atoms with Crippen molar-refractivity contribution in [3.63, 3.8) is 0 Å². The number of hydrogen-bond donors (Lipinski definition) is 0.